The molecule has 10 heteroatoms. The Morgan fingerprint density at radius 3 is 2.79 bits per heavy atom. The number of hydrogen-bond acceptors (Lipinski definition) is 9. The summed E-state index contributed by atoms with van der Waals surface area (Å²) < 4.78 is 14.1. The number of aryl methyl sites for hydroxylation is 1. The molecule has 0 fully saturated rings. The summed E-state index contributed by atoms with van der Waals surface area (Å²) in [7, 11) is 1.68. The van der Waals surface area contributed by atoms with Crippen molar-refractivity contribution in [3.05, 3.63) is 77.5 Å². The fourth-order valence-electron chi connectivity index (χ4n) is 3.25. The van der Waals surface area contributed by atoms with Crippen LogP contribution >= 0.6 is 11.7 Å². The number of furan rings is 1. The van der Waals surface area contributed by atoms with Crippen LogP contribution in [0.15, 0.2) is 59.5 Å². The van der Waals surface area contributed by atoms with Crippen LogP contribution in [0, 0.1) is 0 Å². The second kappa shape index (κ2) is 10.1. The summed E-state index contributed by atoms with van der Waals surface area (Å²) in [5.41, 5.74) is 2.57. The van der Waals surface area contributed by atoms with Gasteiger partial charge < -0.3 is 25.1 Å². The highest BCUT2D eigenvalue weighted by Crippen LogP contribution is 2.33. The molecule has 3 N–H and O–H groups in total. The molecule has 3 aromatic heterocycles. The van der Waals surface area contributed by atoms with Crippen molar-refractivity contribution in [1.82, 2.24) is 18.6 Å². The van der Waals surface area contributed by atoms with Crippen LogP contribution in [-0.4, -0.2) is 36.7 Å². The van der Waals surface area contributed by atoms with Gasteiger partial charge in [-0.3, -0.25) is 9.78 Å². The Kier molecular flexibility index (Phi) is 6.84. The third-order valence-electron chi connectivity index (χ3n) is 5.04. The summed E-state index contributed by atoms with van der Waals surface area (Å²) in [5, 5.41) is 17.1. The molecule has 0 unspecified atom stereocenters. The average Bonchev–Trinajstić information content (AvgIpc) is 3.48. The smallest absolute Gasteiger partial charge is 0.257 e. The molecular formula is C23H24N6O3S. The van der Waals surface area contributed by atoms with Crippen molar-refractivity contribution in [2.24, 2.45) is 0 Å². The molecule has 0 bridgehead atoms. The molecule has 1 aromatic carbocycles. The SMILES string of the molecule is CCc1coc(CNc2nsnc2Nc2cccc(C(=O)N(C)Cc3cccnc3)c2O)c1. The van der Waals surface area contributed by atoms with E-state index in [2.05, 4.69) is 31.3 Å². The Labute approximate surface area is 195 Å². The van der Waals surface area contributed by atoms with E-state index in [1.54, 1.807) is 43.9 Å². The minimum atomic E-state index is -0.306. The van der Waals surface area contributed by atoms with E-state index in [0.717, 1.165) is 35.0 Å². The van der Waals surface area contributed by atoms with Crippen LogP contribution in [0.4, 0.5) is 17.3 Å². The number of aromatic nitrogens is 3. The molecule has 9 nitrogen and oxygen atoms in total. The number of para-hydroxylation sites is 1. The van der Waals surface area contributed by atoms with E-state index in [1.165, 1.54) is 4.90 Å². The van der Waals surface area contributed by atoms with Gasteiger partial charge in [0.05, 0.1) is 35.8 Å². The lowest BCUT2D eigenvalue weighted by atomic mass is 10.1. The molecule has 170 valence electrons. The Morgan fingerprint density at radius 1 is 1.18 bits per heavy atom. The maximum Gasteiger partial charge on any atom is 0.257 e. The van der Waals surface area contributed by atoms with Gasteiger partial charge in [-0.15, -0.1) is 0 Å². The zero-order chi connectivity index (χ0) is 23.2. The maximum absolute atomic E-state index is 12.9. The number of rotatable bonds is 9. The standard InChI is InChI=1S/C23H24N6O3S/c1-3-15-10-17(32-14-15)12-25-21-22(28-33-27-21)26-19-8-4-7-18(20(19)30)23(31)29(2)13-16-6-5-9-24-11-16/h4-11,14,30H,3,12-13H2,1-2H3,(H,25,27)(H,26,28). The second-order valence-corrected chi connectivity index (χ2v) is 7.97. The minimum absolute atomic E-state index is 0.155. The van der Waals surface area contributed by atoms with E-state index >= 15 is 0 Å². The molecule has 0 saturated heterocycles. The second-order valence-electron chi connectivity index (χ2n) is 7.44. The first-order valence-corrected chi connectivity index (χ1v) is 11.1. The highest BCUT2D eigenvalue weighted by atomic mass is 32.1. The van der Waals surface area contributed by atoms with Gasteiger partial charge >= 0.3 is 0 Å². The van der Waals surface area contributed by atoms with E-state index in [-0.39, 0.29) is 17.2 Å². The molecule has 0 aliphatic rings. The number of phenolic OH excluding ortho intramolecular Hbond substituents is 1. The van der Waals surface area contributed by atoms with E-state index < -0.39 is 0 Å². The van der Waals surface area contributed by atoms with Crippen molar-refractivity contribution < 1.29 is 14.3 Å². The largest absolute Gasteiger partial charge is 0.505 e. The van der Waals surface area contributed by atoms with Gasteiger partial charge in [0, 0.05) is 26.0 Å². The van der Waals surface area contributed by atoms with E-state index in [4.69, 9.17) is 4.42 Å². The predicted octanol–water partition coefficient (Wildman–Crippen LogP) is 4.42. The molecule has 0 spiro atoms. The highest BCUT2D eigenvalue weighted by molar-refractivity contribution is 6.99. The van der Waals surface area contributed by atoms with Crippen molar-refractivity contribution >= 4 is 35.0 Å². The van der Waals surface area contributed by atoms with Crippen molar-refractivity contribution in [2.45, 2.75) is 26.4 Å². The van der Waals surface area contributed by atoms with Crippen LogP contribution < -0.4 is 10.6 Å². The fourth-order valence-corrected chi connectivity index (χ4v) is 3.74. The topological polar surface area (TPSA) is 116 Å². The number of nitrogens with one attached hydrogen (secondary N) is 2. The summed E-state index contributed by atoms with van der Waals surface area (Å²) in [5.74, 6) is 1.31. The molecule has 3 heterocycles. The zero-order valence-electron chi connectivity index (χ0n) is 18.3. The lowest BCUT2D eigenvalue weighted by Crippen LogP contribution is -2.26. The first-order chi connectivity index (χ1) is 16.0. The molecule has 0 saturated carbocycles. The number of phenols is 1. The van der Waals surface area contributed by atoms with Gasteiger partial charge in [0.2, 0.25) is 0 Å². The lowest BCUT2D eigenvalue weighted by Gasteiger charge is -2.19. The summed E-state index contributed by atoms with van der Waals surface area (Å²) >= 11 is 1.03. The zero-order valence-corrected chi connectivity index (χ0v) is 19.1. The molecule has 0 atom stereocenters. The number of benzene rings is 1. The van der Waals surface area contributed by atoms with Crippen LogP contribution in [0.3, 0.4) is 0 Å². The predicted molar refractivity (Wildman–Crippen MR) is 127 cm³/mol. The van der Waals surface area contributed by atoms with Crippen LogP contribution in [0.25, 0.3) is 0 Å². The number of pyridine rings is 1. The number of anilines is 3. The van der Waals surface area contributed by atoms with Gasteiger partial charge in [0.25, 0.3) is 5.91 Å². The molecule has 0 aliphatic carbocycles. The van der Waals surface area contributed by atoms with Crippen LogP contribution in [0.2, 0.25) is 0 Å². The van der Waals surface area contributed by atoms with Crippen LogP contribution in [-0.2, 0) is 19.5 Å². The first-order valence-electron chi connectivity index (χ1n) is 10.4. The Hall–Kier alpha value is -3.92. The normalized spacial score (nSPS) is 10.7. The van der Waals surface area contributed by atoms with Crippen molar-refractivity contribution in [1.29, 1.82) is 0 Å². The number of hydrogen-bond donors (Lipinski definition) is 3. The monoisotopic (exact) mass is 464 g/mol. The maximum atomic E-state index is 12.9. The van der Waals surface area contributed by atoms with Crippen molar-refractivity contribution in [3.8, 4) is 5.75 Å². The van der Waals surface area contributed by atoms with E-state index in [9.17, 15) is 9.90 Å². The third kappa shape index (κ3) is 5.29. The fraction of sp³-hybridized carbons (Fsp3) is 0.217. The molecule has 0 radical (unpaired) electrons. The Morgan fingerprint density at radius 2 is 2.03 bits per heavy atom. The average molecular weight is 465 g/mol. The van der Waals surface area contributed by atoms with Crippen molar-refractivity contribution in [2.75, 3.05) is 17.7 Å². The summed E-state index contributed by atoms with van der Waals surface area (Å²) in [4.78, 5) is 18.5. The Bertz CT molecular complexity index is 1220. The minimum Gasteiger partial charge on any atom is -0.505 e. The first kappa shape index (κ1) is 22.3. The summed E-state index contributed by atoms with van der Waals surface area (Å²) in [6.07, 6.45) is 6.03. The number of carbonyl (C=O) groups excluding carboxylic acids is 1. The van der Waals surface area contributed by atoms with Crippen molar-refractivity contribution in [3.63, 3.8) is 0 Å². The molecule has 1 amide bonds. The lowest BCUT2D eigenvalue weighted by molar-refractivity contribution is 0.0782. The number of aromatic hydroxyl groups is 1. The molecule has 0 aliphatic heterocycles. The number of nitrogens with zero attached hydrogens (tertiary/aromatic N) is 4. The third-order valence-corrected chi connectivity index (χ3v) is 5.57. The van der Waals surface area contributed by atoms with Crippen LogP contribution in [0.5, 0.6) is 5.75 Å². The molecule has 33 heavy (non-hydrogen) atoms. The van der Waals surface area contributed by atoms with Gasteiger partial charge in [0.15, 0.2) is 17.4 Å². The number of amides is 1. The van der Waals surface area contributed by atoms with E-state index in [1.807, 2.05) is 18.2 Å². The summed E-state index contributed by atoms with van der Waals surface area (Å²) in [6, 6.07) is 10.7. The summed E-state index contributed by atoms with van der Waals surface area (Å²) in [6.45, 7) is 2.89. The Balaban J connectivity index is 1.46. The van der Waals surface area contributed by atoms with Gasteiger partial charge in [-0.25, -0.2) is 0 Å². The van der Waals surface area contributed by atoms with Crippen LogP contribution in [0.1, 0.15) is 34.2 Å². The molecule has 4 aromatic rings. The highest BCUT2D eigenvalue weighted by Gasteiger charge is 2.20. The molecule has 4 rings (SSSR count). The van der Waals surface area contributed by atoms with Gasteiger partial charge in [-0.1, -0.05) is 19.1 Å². The van der Waals surface area contributed by atoms with Gasteiger partial charge in [-0.2, -0.15) is 8.75 Å². The number of carbonyl (C=O) groups is 1. The quantitative estimate of drug-likeness (QED) is 0.312. The van der Waals surface area contributed by atoms with E-state index in [0.29, 0.717) is 30.4 Å². The van der Waals surface area contributed by atoms with Gasteiger partial charge in [0.1, 0.15) is 5.76 Å². The van der Waals surface area contributed by atoms with Gasteiger partial charge in [-0.05, 0) is 41.8 Å². The molecular weight excluding hydrogens is 440 g/mol.